The molecule has 4 aromatic rings. The second kappa shape index (κ2) is 7.02. The van der Waals surface area contributed by atoms with Gasteiger partial charge in [-0.2, -0.15) is 0 Å². The van der Waals surface area contributed by atoms with Gasteiger partial charge in [0.25, 0.3) is 0 Å². The normalized spacial score (nSPS) is 16.5. The predicted octanol–water partition coefficient (Wildman–Crippen LogP) is 4.35. The Balaban J connectivity index is 1.40. The lowest BCUT2D eigenvalue weighted by atomic mass is 10.1. The number of fused-ring (bicyclic) bond motifs is 2. The van der Waals surface area contributed by atoms with Gasteiger partial charge < -0.3 is 9.64 Å². The summed E-state index contributed by atoms with van der Waals surface area (Å²) in [6, 6.07) is 23.0. The molecule has 0 N–H and O–H groups in total. The van der Waals surface area contributed by atoms with Gasteiger partial charge in [-0.1, -0.05) is 54.6 Å². The van der Waals surface area contributed by atoms with Gasteiger partial charge in [0.15, 0.2) is 5.75 Å². The summed E-state index contributed by atoms with van der Waals surface area (Å²) in [5, 5.41) is 2.96. The maximum Gasteiger partial charge on any atom is 0.316 e. The fourth-order valence-electron chi connectivity index (χ4n) is 3.89. The number of carbonyl (C=O) groups excluding carboxylic acids is 2. The Bertz CT molecular complexity index is 1240. The number of ether oxygens (including phenoxy) is 1. The number of anilines is 1. The van der Waals surface area contributed by atoms with Crippen LogP contribution in [0, 0.1) is 5.92 Å². The number of hydrogen-bond donors (Lipinski definition) is 0. The zero-order chi connectivity index (χ0) is 19.8. The lowest BCUT2D eigenvalue weighted by Crippen LogP contribution is -2.27. The molecule has 1 atom stereocenters. The summed E-state index contributed by atoms with van der Waals surface area (Å²) in [7, 11) is 0. The smallest absolute Gasteiger partial charge is 0.316 e. The van der Waals surface area contributed by atoms with E-state index in [2.05, 4.69) is 4.98 Å². The van der Waals surface area contributed by atoms with E-state index in [0.717, 1.165) is 21.8 Å². The van der Waals surface area contributed by atoms with Crippen LogP contribution in [-0.2, 0) is 9.59 Å². The molecule has 1 aliphatic heterocycles. The molecule has 0 radical (unpaired) electrons. The van der Waals surface area contributed by atoms with Gasteiger partial charge >= 0.3 is 5.97 Å². The second-order valence-corrected chi connectivity index (χ2v) is 7.16. The van der Waals surface area contributed by atoms with Crippen molar-refractivity contribution in [2.75, 3.05) is 11.4 Å². The highest BCUT2D eigenvalue weighted by Crippen LogP contribution is 2.32. The average Bonchev–Trinajstić information content (AvgIpc) is 3.15. The predicted molar refractivity (Wildman–Crippen MR) is 112 cm³/mol. The molecule has 0 unspecified atom stereocenters. The molecule has 1 aromatic heterocycles. The summed E-state index contributed by atoms with van der Waals surface area (Å²) in [6.45, 7) is 0.309. The molecule has 29 heavy (non-hydrogen) atoms. The topological polar surface area (TPSA) is 59.5 Å². The molecule has 142 valence electrons. The first-order valence-corrected chi connectivity index (χ1v) is 9.54. The fourth-order valence-corrected chi connectivity index (χ4v) is 3.89. The van der Waals surface area contributed by atoms with Gasteiger partial charge in [0.05, 0.1) is 11.6 Å². The van der Waals surface area contributed by atoms with Crippen LogP contribution < -0.4 is 9.64 Å². The zero-order valence-corrected chi connectivity index (χ0v) is 15.6. The van der Waals surface area contributed by atoms with E-state index in [-0.39, 0.29) is 12.3 Å². The number of esters is 1. The molecule has 1 aliphatic rings. The maximum atomic E-state index is 12.8. The minimum absolute atomic E-state index is 0.0700. The lowest BCUT2D eigenvalue weighted by molar-refractivity contribution is -0.139. The fraction of sp³-hybridized carbons (Fsp3) is 0.125. The molecule has 5 rings (SSSR count). The van der Waals surface area contributed by atoms with Crippen molar-refractivity contribution in [2.24, 2.45) is 5.92 Å². The van der Waals surface area contributed by atoms with E-state index < -0.39 is 11.9 Å². The molecule has 0 aliphatic carbocycles. The molecule has 5 heteroatoms. The summed E-state index contributed by atoms with van der Waals surface area (Å²) in [6.07, 6.45) is 1.81. The minimum atomic E-state index is -0.513. The molecule has 0 bridgehead atoms. The summed E-state index contributed by atoms with van der Waals surface area (Å²) < 4.78 is 5.65. The van der Waals surface area contributed by atoms with E-state index in [1.165, 1.54) is 0 Å². The lowest BCUT2D eigenvalue weighted by Gasteiger charge is -2.19. The first kappa shape index (κ1) is 17.4. The Morgan fingerprint density at radius 2 is 1.69 bits per heavy atom. The quantitative estimate of drug-likeness (QED) is 0.390. The van der Waals surface area contributed by atoms with Crippen LogP contribution in [0.15, 0.2) is 79.0 Å². The first-order valence-electron chi connectivity index (χ1n) is 9.54. The SMILES string of the molecule is O=C(Oc1cccc2cccnc12)[C@@H]1CC(=O)N(c2cccc3ccccc23)C1. The molecule has 2 heterocycles. The second-order valence-electron chi connectivity index (χ2n) is 7.16. The van der Waals surface area contributed by atoms with Crippen molar-refractivity contribution >= 4 is 39.2 Å². The van der Waals surface area contributed by atoms with Crippen molar-refractivity contribution in [3.63, 3.8) is 0 Å². The number of rotatable bonds is 3. The average molecular weight is 382 g/mol. The van der Waals surface area contributed by atoms with Crippen LogP contribution in [0.3, 0.4) is 0 Å². The highest BCUT2D eigenvalue weighted by molar-refractivity contribution is 6.06. The van der Waals surface area contributed by atoms with Crippen LogP contribution in [0.4, 0.5) is 5.69 Å². The molecular weight excluding hydrogens is 364 g/mol. The summed E-state index contributed by atoms with van der Waals surface area (Å²) in [5.41, 5.74) is 1.47. The van der Waals surface area contributed by atoms with E-state index >= 15 is 0 Å². The third kappa shape index (κ3) is 3.10. The third-order valence-electron chi connectivity index (χ3n) is 5.32. The minimum Gasteiger partial charge on any atom is -0.424 e. The van der Waals surface area contributed by atoms with E-state index in [0.29, 0.717) is 17.8 Å². The van der Waals surface area contributed by atoms with Crippen LogP contribution in [0.5, 0.6) is 5.75 Å². The highest BCUT2D eigenvalue weighted by atomic mass is 16.5. The van der Waals surface area contributed by atoms with Gasteiger partial charge in [-0.3, -0.25) is 14.6 Å². The standard InChI is InChI=1S/C24H18N2O3/c27-22-14-18(15-26(22)20-11-3-7-16-6-1-2-10-19(16)20)24(28)29-21-12-4-8-17-9-5-13-25-23(17)21/h1-13,18H,14-15H2/t18-/m1/s1. The van der Waals surface area contributed by atoms with E-state index in [1.807, 2.05) is 66.7 Å². The molecule has 1 fully saturated rings. The largest absolute Gasteiger partial charge is 0.424 e. The monoisotopic (exact) mass is 382 g/mol. The Labute approximate surface area is 167 Å². The van der Waals surface area contributed by atoms with Crippen molar-refractivity contribution in [3.8, 4) is 5.75 Å². The van der Waals surface area contributed by atoms with Gasteiger partial charge in [0.1, 0.15) is 5.52 Å². The third-order valence-corrected chi connectivity index (χ3v) is 5.32. The summed E-state index contributed by atoms with van der Waals surface area (Å²) in [4.78, 5) is 31.5. The number of nitrogens with zero attached hydrogens (tertiary/aromatic N) is 2. The van der Waals surface area contributed by atoms with Crippen molar-refractivity contribution in [1.29, 1.82) is 0 Å². The van der Waals surface area contributed by atoms with Gasteiger partial charge in [-0.15, -0.1) is 0 Å². The van der Waals surface area contributed by atoms with Crippen molar-refractivity contribution in [1.82, 2.24) is 4.98 Å². The number of aromatic nitrogens is 1. The van der Waals surface area contributed by atoms with E-state index in [4.69, 9.17) is 4.74 Å². The molecule has 5 nitrogen and oxygen atoms in total. The Kier molecular flexibility index (Phi) is 4.21. The number of benzene rings is 3. The summed E-state index contributed by atoms with van der Waals surface area (Å²) in [5.74, 6) is -0.566. The van der Waals surface area contributed by atoms with Crippen molar-refractivity contribution < 1.29 is 14.3 Å². The number of hydrogen-bond acceptors (Lipinski definition) is 4. The van der Waals surface area contributed by atoms with Crippen LogP contribution in [0.25, 0.3) is 21.7 Å². The molecule has 3 aromatic carbocycles. The van der Waals surface area contributed by atoms with Gasteiger partial charge in [0.2, 0.25) is 5.91 Å². The zero-order valence-electron chi connectivity index (χ0n) is 15.6. The van der Waals surface area contributed by atoms with Crippen LogP contribution >= 0.6 is 0 Å². The Morgan fingerprint density at radius 1 is 0.931 bits per heavy atom. The van der Waals surface area contributed by atoms with E-state index in [9.17, 15) is 9.59 Å². The van der Waals surface area contributed by atoms with Gasteiger partial charge in [-0.05, 0) is 23.6 Å². The van der Waals surface area contributed by atoms with Gasteiger partial charge in [0, 0.05) is 29.9 Å². The van der Waals surface area contributed by atoms with Crippen LogP contribution in [0.1, 0.15) is 6.42 Å². The molecule has 0 spiro atoms. The Hall–Kier alpha value is -3.73. The van der Waals surface area contributed by atoms with Gasteiger partial charge in [-0.25, -0.2) is 0 Å². The molecule has 0 saturated carbocycles. The molecule has 1 saturated heterocycles. The van der Waals surface area contributed by atoms with Crippen LogP contribution in [-0.4, -0.2) is 23.4 Å². The number of para-hydroxylation sites is 1. The van der Waals surface area contributed by atoms with Crippen LogP contribution in [0.2, 0.25) is 0 Å². The number of carbonyl (C=O) groups is 2. The number of pyridine rings is 1. The van der Waals surface area contributed by atoms with E-state index in [1.54, 1.807) is 17.2 Å². The number of amides is 1. The summed E-state index contributed by atoms with van der Waals surface area (Å²) >= 11 is 0. The molecule has 1 amide bonds. The first-order chi connectivity index (χ1) is 14.2. The molecular formula is C24H18N2O3. The van der Waals surface area contributed by atoms with Crippen molar-refractivity contribution in [2.45, 2.75) is 6.42 Å². The maximum absolute atomic E-state index is 12.8. The Morgan fingerprint density at radius 3 is 2.62 bits per heavy atom. The van der Waals surface area contributed by atoms with Crippen molar-refractivity contribution in [3.05, 3.63) is 79.0 Å². The highest BCUT2D eigenvalue weighted by Gasteiger charge is 2.37.